The van der Waals surface area contributed by atoms with Gasteiger partial charge in [-0.25, -0.2) is 0 Å². The Labute approximate surface area is 116 Å². The zero-order chi connectivity index (χ0) is 15.0. The third kappa shape index (κ3) is 5.63. The van der Waals surface area contributed by atoms with Gasteiger partial charge in [0.15, 0.2) is 0 Å². The van der Waals surface area contributed by atoms with E-state index in [-0.39, 0.29) is 5.96 Å². The third-order valence-electron chi connectivity index (χ3n) is 2.15. The highest BCUT2D eigenvalue weighted by Gasteiger charge is 1.92. The number of carbonyl (C=O) groups is 1. The molecule has 104 valence electrons. The van der Waals surface area contributed by atoms with Crippen LogP contribution in [-0.4, -0.2) is 23.2 Å². The van der Waals surface area contributed by atoms with Crippen molar-refractivity contribution in [3.63, 3.8) is 0 Å². The van der Waals surface area contributed by atoms with Gasteiger partial charge in [-0.15, -0.1) is 5.10 Å². The number of aliphatic carboxylic acids is 1. The Kier molecular flexibility index (Phi) is 5.71. The van der Waals surface area contributed by atoms with Gasteiger partial charge in [-0.3, -0.25) is 4.79 Å². The second-order valence-electron chi connectivity index (χ2n) is 3.90. The van der Waals surface area contributed by atoms with Crippen LogP contribution in [0.3, 0.4) is 0 Å². The van der Waals surface area contributed by atoms with Gasteiger partial charge >= 0.3 is 0 Å². The summed E-state index contributed by atoms with van der Waals surface area (Å²) in [5.41, 5.74) is 11.3. The van der Waals surface area contributed by atoms with E-state index in [2.05, 4.69) is 16.3 Å². The number of fused-ring (bicyclic) bond motifs is 1. The predicted molar refractivity (Wildman–Crippen MR) is 80.7 cm³/mol. The molecule has 0 atom stereocenters. The van der Waals surface area contributed by atoms with Crippen molar-refractivity contribution in [1.29, 1.82) is 0 Å². The molecule has 0 fully saturated rings. The monoisotopic (exact) mass is 272 g/mol. The van der Waals surface area contributed by atoms with Crippen LogP contribution in [0.2, 0.25) is 0 Å². The zero-order valence-electron chi connectivity index (χ0n) is 11.0. The lowest BCUT2D eigenvalue weighted by atomic mass is 10.1. The number of carboxylic acid groups (broad SMARTS) is 1. The van der Waals surface area contributed by atoms with Crippen molar-refractivity contribution in [1.82, 2.24) is 0 Å². The van der Waals surface area contributed by atoms with Crippen molar-refractivity contribution >= 4 is 28.9 Å². The van der Waals surface area contributed by atoms with Crippen LogP contribution < -0.4 is 11.5 Å². The summed E-state index contributed by atoms with van der Waals surface area (Å²) in [5, 5.41) is 17.1. The Bertz CT molecular complexity index is 642. The predicted octanol–water partition coefficient (Wildman–Crippen LogP) is 1.54. The molecule has 0 aliphatic rings. The Hall–Kier alpha value is -2.89. The summed E-state index contributed by atoms with van der Waals surface area (Å²) in [6.45, 7) is 1.08. The number of nitrogens with two attached hydrogens (primary N) is 2. The van der Waals surface area contributed by atoms with Crippen LogP contribution in [0.4, 0.5) is 0 Å². The Morgan fingerprint density at radius 3 is 2.35 bits per heavy atom. The number of hydrogen-bond donors (Lipinski definition) is 3. The second kappa shape index (κ2) is 7.52. The van der Waals surface area contributed by atoms with Gasteiger partial charge in [0, 0.05) is 6.92 Å². The quantitative estimate of drug-likeness (QED) is 0.437. The number of hydrogen-bond acceptors (Lipinski definition) is 3. The highest BCUT2D eigenvalue weighted by Crippen LogP contribution is 2.14. The van der Waals surface area contributed by atoms with Crippen molar-refractivity contribution in [3.05, 3.63) is 48.0 Å². The fourth-order valence-electron chi connectivity index (χ4n) is 1.45. The van der Waals surface area contributed by atoms with Crippen molar-refractivity contribution in [2.24, 2.45) is 21.7 Å². The summed E-state index contributed by atoms with van der Waals surface area (Å²) in [7, 11) is 0. The van der Waals surface area contributed by atoms with Crippen LogP contribution in [-0.2, 0) is 4.79 Å². The minimum absolute atomic E-state index is 0.0444. The first kappa shape index (κ1) is 15.2. The van der Waals surface area contributed by atoms with Crippen LogP contribution in [0.25, 0.3) is 10.8 Å². The van der Waals surface area contributed by atoms with Gasteiger partial charge in [0.25, 0.3) is 5.97 Å². The second-order valence-corrected chi connectivity index (χ2v) is 3.90. The molecule has 0 saturated carbocycles. The van der Waals surface area contributed by atoms with Gasteiger partial charge in [0.05, 0.1) is 6.21 Å². The fourth-order valence-corrected chi connectivity index (χ4v) is 1.45. The minimum Gasteiger partial charge on any atom is -0.481 e. The first-order valence-corrected chi connectivity index (χ1v) is 5.79. The molecule has 0 amide bonds. The Balaban J connectivity index is 0.000000444. The Morgan fingerprint density at radius 2 is 1.75 bits per heavy atom. The summed E-state index contributed by atoms with van der Waals surface area (Å²) < 4.78 is 0. The van der Waals surface area contributed by atoms with E-state index in [0.717, 1.165) is 17.9 Å². The van der Waals surface area contributed by atoms with Gasteiger partial charge in [0.1, 0.15) is 0 Å². The molecule has 0 bridgehead atoms. The minimum atomic E-state index is -0.833. The van der Waals surface area contributed by atoms with Crippen LogP contribution in [0.15, 0.2) is 52.7 Å². The normalized spacial score (nSPS) is 9.85. The molecular formula is C14H16N4O2. The van der Waals surface area contributed by atoms with E-state index in [1.807, 2.05) is 36.4 Å². The highest BCUT2D eigenvalue weighted by atomic mass is 16.4. The molecule has 0 aliphatic heterocycles. The third-order valence-corrected chi connectivity index (χ3v) is 2.15. The molecular weight excluding hydrogens is 256 g/mol. The molecule has 0 unspecified atom stereocenters. The molecule has 6 heteroatoms. The molecule has 0 radical (unpaired) electrons. The summed E-state index contributed by atoms with van der Waals surface area (Å²) in [4.78, 5) is 9.00. The van der Waals surface area contributed by atoms with E-state index in [0.29, 0.717) is 0 Å². The van der Waals surface area contributed by atoms with Gasteiger partial charge in [-0.1, -0.05) is 36.4 Å². The van der Waals surface area contributed by atoms with Gasteiger partial charge < -0.3 is 16.6 Å². The van der Waals surface area contributed by atoms with Crippen LogP contribution in [0.1, 0.15) is 12.5 Å². The average molecular weight is 272 g/mol. The Morgan fingerprint density at radius 1 is 1.15 bits per heavy atom. The van der Waals surface area contributed by atoms with Crippen LogP contribution in [0.5, 0.6) is 0 Å². The molecule has 2 aromatic rings. The van der Waals surface area contributed by atoms with E-state index in [9.17, 15) is 0 Å². The van der Waals surface area contributed by atoms with E-state index in [1.165, 1.54) is 5.39 Å². The largest absolute Gasteiger partial charge is 0.481 e. The number of guanidine groups is 1. The standard InChI is InChI=1S/C12H12N4.C2H4O2/c13-12(14)16-15-8-9-5-6-10-3-1-2-4-11(10)7-9;1-2(3)4/h1-8H,(H4,13,14,16);1H3,(H,3,4). The van der Waals surface area contributed by atoms with E-state index >= 15 is 0 Å². The van der Waals surface area contributed by atoms with Crippen molar-refractivity contribution in [2.45, 2.75) is 6.92 Å². The van der Waals surface area contributed by atoms with E-state index in [1.54, 1.807) is 6.21 Å². The molecule has 5 N–H and O–H groups in total. The van der Waals surface area contributed by atoms with Crippen molar-refractivity contribution in [3.8, 4) is 0 Å². The summed E-state index contributed by atoms with van der Waals surface area (Å²) >= 11 is 0. The lowest BCUT2D eigenvalue weighted by Crippen LogP contribution is -2.21. The number of nitrogens with zero attached hydrogens (tertiary/aromatic N) is 2. The van der Waals surface area contributed by atoms with E-state index in [4.69, 9.17) is 21.4 Å². The lowest BCUT2D eigenvalue weighted by molar-refractivity contribution is -0.134. The lowest BCUT2D eigenvalue weighted by Gasteiger charge is -1.97. The molecule has 0 aliphatic carbocycles. The van der Waals surface area contributed by atoms with Crippen molar-refractivity contribution < 1.29 is 9.90 Å². The molecule has 0 spiro atoms. The average Bonchev–Trinajstić information content (AvgIpc) is 2.37. The van der Waals surface area contributed by atoms with Gasteiger partial charge in [0.2, 0.25) is 5.96 Å². The molecule has 2 aromatic carbocycles. The fraction of sp³-hybridized carbons (Fsp3) is 0.0714. The number of benzene rings is 2. The smallest absolute Gasteiger partial charge is 0.300 e. The number of carboxylic acids is 1. The molecule has 2 rings (SSSR count). The summed E-state index contributed by atoms with van der Waals surface area (Å²) in [6.07, 6.45) is 1.62. The van der Waals surface area contributed by atoms with Crippen LogP contribution >= 0.6 is 0 Å². The van der Waals surface area contributed by atoms with Gasteiger partial charge in [-0.05, 0) is 22.4 Å². The number of rotatable bonds is 2. The molecule has 0 saturated heterocycles. The zero-order valence-corrected chi connectivity index (χ0v) is 11.0. The molecule has 20 heavy (non-hydrogen) atoms. The molecule has 0 aromatic heterocycles. The maximum Gasteiger partial charge on any atom is 0.300 e. The van der Waals surface area contributed by atoms with E-state index < -0.39 is 5.97 Å². The first-order valence-electron chi connectivity index (χ1n) is 5.79. The SMILES string of the molecule is CC(=O)O.NC(N)=NN=Cc1ccc2ccccc2c1. The maximum absolute atomic E-state index is 9.00. The molecule has 0 heterocycles. The van der Waals surface area contributed by atoms with Crippen LogP contribution in [0, 0.1) is 0 Å². The topological polar surface area (TPSA) is 114 Å². The highest BCUT2D eigenvalue weighted by molar-refractivity contribution is 5.90. The summed E-state index contributed by atoms with van der Waals surface area (Å²) in [5.74, 6) is -0.878. The summed E-state index contributed by atoms with van der Waals surface area (Å²) in [6, 6.07) is 14.1. The van der Waals surface area contributed by atoms with Crippen molar-refractivity contribution in [2.75, 3.05) is 0 Å². The molecule has 6 nitrogen and oxygen atoms in total. The maximum atomic E-state index is 9.00. The first-order chi connectivity index (χ1) is 9.49. The van der Waals surface area contributed by atoms with Gasteiger partial charge in [-0.2, -0.15) is 5.10 Å².